The number of carbonyl (C=O) groups excluding carboxylic acids is 2. The maximum Gasteiger partial charge on any atom is 0.229 e. The number of hydrogen-bond donors (Lipinski definition) is 2. The molecular formula is C33H45N5O2S. The summed E-state index contributed by atoms with van der Waals surface area (Å²) in [6.45, 7) is 23.7. The van der Waals surface area contributed by atoms with Crippen molar-refractivity contribution in [2.45, 2.75) is 58.8 Å². The van der Waals surface area contributed by atoms with Gasteiger partial charge >= 0.3 is 0 Å². The monoisotopic (exact) mass is 575 g/mol. The van der Waals surface area contributed by atoms with Crippen LogP contribution in [0.1, 0.15) is 58.1 Å². The highest BCUT2D eigenvalue weighted by atomic mass is 32.2. The molecule has 7 nitrogen and oxygen atoms in total. The van der Waals surface area contributed by atoms with E-state index in [9.17, 15) is 9.59 Å². The van der Waals surface area contributed by atoms with Crippen LogP contribution in [0.5, 0.6) is 0 Å². The predicted molar refractivity (Wildman–Crippen MR) is 175 cm³/mol. The number of aryl methyl sites for hydroxylation is 1. The van der Waals surface area contributed by atoms with Gasteiger partial charge in [0.15, 0.2) is 5.82 Å². The Morgan fingerprint density at radius 2 is 1.76 bits per heavy atom. The summed E-state index contributed by atoms with van der Waals surface area (Å²) in [5, 5.41) is 15.1. The highest BCUT2D eigenvalue weighted by Crippen LogP contribution is 2.27. The number of amides is 2. The van der Waals surface area contributed by atoms with E-state index < -0.39 is 0 Å². The fourth-order valence-corrected chi connectivity index (χ4v) is 4.41. The van der Waals surface area contributed by atoms with Crippen molar-refractivity contribution in [3.05, 3.63) is 113 Å². The summed E-state index contributed by atoms with van der Waals surface area (Å²) in [7, 11) is 3.48. The van der Waals surface area contributed by atoms with Gasteiger partial charge in [-0.2, -0.15) is 5.10 Å². The number of nitrogens with zero attached hydrogens (tertiary/aromatic N) is 3. The quantitative estimate of drug-likeness (QED) is 0.132. The number of hydrogen-bond acceptors (Lipinski definition) is 6. The number of carbonyl (C=O) groups is 2. The van der Waals surface area contributed by atoms with E-state index in [1.807, 2.05) is 38.1 Å². The van der Waals surface area contributed by atoms with Crippen LogP contribution in [0, 0.1) is 0 Å². The van der Waals surface area contributed by atoms with E-state index >= 15 is 0 Å². The van der Waals surface area contributed by atoms with Crippen molar-refractivity contribution >= 4 is 29.4 Å². The Morgan fingerprint density at radius 3 is 2.34 bits per heavy atom. The molecule has 0 bridgehead atoms. The van der Waals surface area contributed by atoms with Crippen LogP contribution in [-0.2, 0) is 16.0 Å². The van der Waals surface area contributed by atoms with Gasteiger partial charge in [0.05, 0.1) is 17.1 Å². The first-order valence-electron chi connectivity index (χ1n) is 13.6. The molecule has 0 unspecified atom stereocenters. The number of unbranched alkanes of at least 4 members (excludes halogenated alkanes) is 1. The third kappa shape index (κ3) is 15.5. The van der Waals surface area contributed by atoms with Crippen LogP contribution >= 0.6 is 11.8 Å². The summed E-state index contributed by atoms with van der Waals surface area (Å²) in [5.41, 5.74) is 4.52. The van der Waals surface area contributed by atoms with Crippen molar-refractivity contribution in [1.82, 2.24) is 20.4 Å². The Labute approximate surface area is 250 Å². The second kappa shape index (κ2) is 19.2. The standard InChI is InChI=1S/C33H45N5O2S/c1-10-15-24(4)20-32(39)35-31-19-18-30(36-37-31)17-14-13-16-26(6)41-27(7)34-25(5)21-28(11-2)22-29(12-3)23-33(40)38(8)9/h10-12,15,18-19,22,34H,1,3,5-7,13-14,16-17,20-21,23H2,2,4,8-9H3,(H,35,37,39)/b24-15+,28-11-,29-22+. The van der Waals surface area contributed by atoms with Gasteiger partial charge in [-0.3, -0.25) is 9.59 Å². The van der Waals surface area contributed by atoms with Crippen LogP contribution in [0.25, 0.3) is 0 Å². The zero-order valence-corrected chi connectivity index (χ0v) is 25.9. The van der Waals surface area contributed by atoms with Crippen LogP contribution in [0.2, 0.25) is 0 Å². The van der Waals surface area contributed by atoms with Crippen molar-refractivity contribution in [2.75, 3.05) is 19.4 Å². The molecule has 1 aromatic heterocycles. The van der Waals surface area contributed by atoms with E-state index in [-0.39, 0.29) is 11.8 Å². The first kappa shape index (κ1) is 35.1. The van der Waals surface area contributed by atoms with E-state index in [0.29, 0.717) is 25.1 Å². The normalized spacial score (nSPS) is 11.9. The SMILES string of the molecule is C=C/C=C(\C)CC(=O)Nc1ccc(CCCCC(=C)SC(=C)NC(=C)CC(/C=C(\C=C)CC(=O)N(C)C)=C/C)nn1. The van der Waals surface area contributed by atoms with Gasteiger partial charge in [0, 0.05) is 32.6 Å². The highest BCUT2D eigenvalue weighted by Gasteiger charge is 2.09. The van der Waals surface area contributed by atoms with Crippen LogP contribution < -0.4 is 10.6 Å². The largest absolute Gasteiger partial charge is 0.354 e. The van der Waals surface area contributed by atoms with Gasteiger partial charge in [-0.25, -0.2) is 0 Å². The molecule has 1 heterocycles. The van der Waals surface area contributed by atoms with Crippen LogP contribution in [-0.4, -0.2) is 41.0 Å². The summed E-state index contributed by atoms with van der Waals surface area (Å²) in [6.07, 6.45) is 13.9. The van der Waals surface area contributed by atoms with Crippen LogP contribution in [0.15, 0.2) is 108 Å². The molecule has 8 heteroatoms. The highest BCUT2D eigenvalue weighted by molar-refractivity contribution is 8.06. The molecule has 0 spiro atoms. The van der Waals surface area contributed by atoms with E-state index in [2.05, 4.69) is 53.7 Å². The van der Waals surface area contributed by atoms with Gasteiger partial charge in [0.2, 0.25) is 11.8 Å². The van der Waals surface area contributed by atoms with Crippen molar-refractivity contribution in [3.63, 3.8) is 0 Å². The lowest BCUT2D eigenvalue weighted by atomic mass is 10.0. The molecule has 0 aliphatic heterocycles. The van der Waals surface area contributed by atoms with Gasteiger partial charge in [0.25, 0.3) is 0 Å². The molecule has 41 heavy (non-hydrogen) atoms. The van der Waals surface area contributed by atoms with Crippen LogP contribution in [0.4, 0.5) is 5.82 Å². The third-order valence-corrected chi connectivity index (χ3v) is 6.67. The summed E-state index contributed by atoms with van der Waals surface area (Å²) in [4.78, 5) is 26.7. The first-order valence-corrected chi connectivity index (χ1v) is 14.4. The molecule has 2 N–H and O–H groups in total. The predicted octanol–water partition coefficient (Wildman–Crippen LogP) is 7.40. The maximum absolute atomic E-state index is 12.1. The molecular weight excluding hydrogens is 530 g/mol. The summed E-state index contributed by atoms with van der Waals surface area (Å²) < 4.78 is 0. The van der Waals surface area contributed by atoms with Gasteiger partial charge in [-0.1, -0.05) is 80.6 Å². The number of aromatic nitrogens is 2. The summed E-state index contributed by atoms with van der Waals surface area (Å²) in [6, 6.07) is 3.67. The third-order valence-electron chi connectivity index (χ3n) is 5.83. The van der Waals surface area contributed by atoms with Crippen molar-refractivity contribution in [3.8, 4) is 0 Å². The lowest BCUT2D eigenvalue weighted by Crippen LogP contribution is -2.21. The van der Waals surface area contributed by atoms with Gasteiger partial charge < -0.3 is 15.5 Å². The molecule has 0 atom stereocenters. The minimum Gasteiger partial charge on any atom is -0.354 e. The molecule has 0 aromatic carbocycles. The Morgan fingerprint density at radius 1 is 1.02 bits per heavy atom. The fourth-order valence-electron chi connectivity index (χ4n) is 3.62. The molecule has 220 valence electrons. The summed E-state index contributed by atoms with van der Waals surface area (Å²) >= 11 is 1.51. The Balaban J connectivity index is 2.41. The minimum atomic E-state index is -0.132. The van der Waals surface area contributed by atoms with Crippen molar-refractivity contribution in [2.24, 2.45) is 0 Å². The second-order valence-electron chi connectivity index (χ2n) is 9.81. The first-order chi connectivity index (χ1) is 19.5. The molecule has 0 radical (unpaired) electrons. The molecule has 0 fully saturated rings. The fraction of sp³-hybridized carbons (Fsp3) is 0.333. The minimum absolute atomic E-state index is 0.0294. The average molecular weight is 576 g/mol. The number of anilines is 1. The Hall–Kier alpha value is -3.91. The lowest BCUT2D eigenvalue weighted by Gasteiger charge is -2.14. The number of nitrogens with one attached hydrogen (secondary N) is 2. The number of rotatable bonds is 19. The van der Waals surface area contributed by atoms with Gasteiger partial charge in [-0.15, -0.1) is 5.10 Å². The zero-order valence-electron chi connectivity index (χ0n) is 25.1. The lowest BCUT2D eigenvalue weighted by molar-refractivity contribution is -0.127. The van der Waals surface area contributed by atoms with Crippen molar-refractivity contribution in [1.29, 1.82) is 0 Å². The molecule has 1 rings (SSSR count). The molecule has 1 aromatic rings. The van der Waals surface area contributed by atoms with Crippen LogP contribution in [0.3, 0.4) is 0 Å². The molecule has 0 aliphatic rings. The molecule has 0 aliphatic carbocycles. The Kier molecular flexibility index (Phi) is 16.5. The average Bonchev–Trinajstić information content (AvgIpc) is 2.90. The number of thioether (sulfide) groups is 1. The van der Waals surface area contributed by atoms with E-state index in [4.69, 9.17) is 0 Å². The topological polar surface area (TPSA) is 87.2 Å². The molecule has 0 saturated heterocycles. The summed E-state index contributed by atoms with van der Waals surface area (Å²) in [5.74, 6) is 0.343. The molecule has 2 amide bonds. The second-order valence-corrected chi connectivity index (χ2v) is 11.1. The smallest absolute Gasteiger partial charge is 0.229 e. The zero-order chi connectivity index (χ0) is 30.8. The maximum atomic E-state index is 12.1. The Bertz CT molecular complexity index is 1210. The van der Waals surface area contributed by atoms with E-state index in [0.717, 1.165) is 63.7 Å². The van der Waals surface area contributed by atoms with E-state index in [1.54, 1.807) is 37.2 Å². The van der Waals surface area contributed by atoms with Gasteiger partial charge in [-0.05, 0) is 67.7 Å². The van der Waals surface area contributed by atoms with E-state index in [1.165, 1.54) is 11.8 Å². The van der Waals surface area contributed by atoms with Crippen molar-refractivity contribution < 1.29 is 9.59 Å². The number of allylic oxidation sites excluding steroid dienone is 7. The van der Waals surface area contributed by atoms with Gasteiger partial charge in [0.1, 0.15) is 0 Å². The molecule has 0 saturated carbocycles.